The zero-order valence-electron chi connectivity index (χ0n) is 16.5. The minimum Gasteiger partial charge on any atom is -0.394 e. The highest BCUT2D eigenvalue weighted by Crippen LogP contribution is 2.27. The number of halogens is 2. The van der Waals surface area contributed by atoms with E-state index < -0.39 is 18.5 Å². The number of aromatic nitrogens is 2. The summed E-state index contributed by atoms with van der Waals surface area (Å²) in [4.78, 5) is 24.3. The van der Waals surface area contributed by atoms with Gasteiger partial charge in [-0.1, -0.05) is 11.3 Å². The lowest BCUT2D eigenvalue weighted by Gasteiger charge is -2.35. The minimum absolute atomic E-state index is 0.118. The molecule has 0 bridgehead atoms. The maximum Gasteiger partial charge on any atom is 0.323 e. The van der Waals surface area contributed by atoms with Crippen LogP contribution in [0.15, 0.2) is 30.5 Å². The standard InChI is InChI=1S/C20H21F2N5O3S/c21-13-1-2-17-16(9-13)24-19(31-17)25-20(30)27-5-3-26(4-6-27)18-15(22)8-12(10-23-18)7-14(29)11-28/h1-2,8-10,14,28-29H,3-7,11H2,(H,24,25,30)/t14-/m0/s1. The molecule has 0 saturated carbocycles. The first-order valence-corrected chi connectivity index (χ1v) is 10.5. The van der Waals surface area contributed by atoms with E-state index in [1.165, 1.54) is 35.7 Å². The molecular formula is C20H21F2N5O3S. The molecule has 0 spiro atoms. The highest BCUT2D eigenvalue weighted by Gasteiger charge is 2.24. The van der Waals surface area contributed by atoms with E-state index in [-0.39, 0.29) is 24.1 Å². The fourth-order valence-electron chi connectivity index (χ4n) is 3.40. The van der Waals surface area contributed by atoms with Crippen molar-refractivity contribution in [1.29, 1.82) is 0 Å². The van der Waals surface area contributed by atoms with E-state index in [2.05, 4.69) is 15.3 Å². The van der Waals surface area contributed by atoms with Crippen LogP contribution in [-0.4, -0.2) is 70.0 Å². The Hall–Kier alpha value is -2.89. The number of piperazine rings is 1. The van der Waals surface area contributed by atoms with Gasteiger partial charge in [0.15, 0.2) is 16.8 Å². The topological polar surface area (TPSA) is 102 Å². The van der Waals surface area contributed by atoms with Crippen LogP contribution in [0, 0.1) is 11.6 Å². The summed E-state index contributed by atoms with van der Waals surface area (Å²) in [5.41, 5.74) is 0.984. The highest BCUT2D eigenvalue weighted by molar-refractivity contribution is 7.22. The molecule has 0 unspecified atom stereocenters. The van der Waals surface area contributed by atoms with E-state index in [1.54, 1.807) is 15.9 Å². The molecule has 11 heteroatoms. The Labute approximate surface area is 180 Å². The number of carbonyl (C=O) groups excluding carboxylic acids is 1. The van der Waals surface area contributed by atoms with Gasteiger partial charge in [0.05, 0.1) is 22.9 Å². The summed E-state index contributed by atoms with van der Waals surface area (Å²) in [6, 6.07) is 5.27. The van der Waals surface area contributed by atoms with Crippen molar-refractivity contribution in [2.75, 3.05) is 43.0 Å². The summed E-state index contributed by atoms with van der Waals surface area (Å²) in [6.45, 7) is 1.15. The second-order valence-electron chi connectivity index (χ2n) is 7.22. The second-order valence-corrected chi connectivity index (χ2v) is 8.26. The summed E-state index contributed by atoms with van der Waals surface area (Å²) in [5, 5.41) is 21.5. The highest BCUT2D eigenvalue weighted by atomic mass is 32.1. The molecule has 1 atom stereocenters. The van der Waals surface area contributed by atoms with Crippen molar-refractivity contribution in [3.8, 4) is 0 Å². The fraction of sp³-hybridized carbons (Fsp3) is 0.350. The molecule has 0 radical (unpaired) electrons. The lowest BCUT2D eigenvalue weighted by atomic mass is 10.1. The molecular weight excluding hydrogens is 428 g/mol. The van der Waals surface area contributed by atoms with E-state index in [4.69, 9.17) is 5.11 Å². The Morgan fingerprint density at radius 1 is 1.23 bits per heavy atom. The number of fused-ring (bicyclic) bond motifs is 1. The molecule has 1 aromatic carbocycles. The number of aliphatic hydroxyl groups is 2. The molecule has 2 aromatic heterocycles. The molecule has 3 heterocycles. The number of benzene rings is 1. The summed E-state index contributed by atoms with van der Waals surface area (Å²) in [7, 11) is 0. The van der Waals surface area contributed by atoms with Crippen LogP contribution in [0.3, 0.4) is 0 Å². The lowest BCUT2D eigenvalue weighted by molar-refractivity contribution is 0.0954. The number of rotatable bonds is 5. The number of carbonyl (C=O) groups is 1. The summed E-state index contributed by atoms with van der Waals surface area (Å²) < 4.78 is 28.6. The average Bonchev–Trinajstić information content (AvgIpc) is 3.15. The monoisotopic (exact) mass is 449 g/mol. The Morgan fingerprint density at radius 2 is 2.00 bits per heavy atom. The Balaban J connectivity index is 1.35. The van der Waals surface area contributed by atoms with Gasteiger partial charge in [-0.2, -0.15) is 0 Å². The first-order valence-electron chi connectivity index (χ1n) is 9.73. The van der Waals surface area contributed by atoms with E-state index in [1.807, 2.05) is 0 Å². The molecule has 8 nitrogen and oxygen atoms in total. The van der Waals surface area contributed by atoms with Crippen molar-refractivity contribution in [3.63, 3.8) is 0 Å². The number of thiazole rings is 1. The number of amides is 2. The van der Waals surface area contributed by atoms with Crippen molar-refractivity contribution >= 4 is 38.5 Å². The molecule has 4 rings (SSSR count). The third-order valence-corrected chi connectivity index (χ3v) is 5.94. The maximum atomic E-state index is 14.5. The Bertz CT molecular complexity index is 1090. The predicted molar refractivity (Wildman–Crippen MR) is 113 cm³/mol. The van der Waals surface area contributed by atoms with Gasteiger partial charge in [0.25, 0.3) is 0 Å². The van der Waals surface area contributed by atoms with Crippen molar-refractivity contribution in [3.05, 3.63) is 47.7 Å². The molecule has 0 aliphatic carbocycles. The van der Waals surface area contributed by atoms with Crippen LogP contribution in [-0.2, 0) is 6.42 Å². The molecule has 3 aromatic rings. The normalized spacial score (nSPS) is 15.4. The first-order chi connectivity index (χ1) is 14.9. The Morgan fingerprint density at radius 3 is 2.71 bits per heavy atom. The number of nitrogens with zero attached hydrogens (tertiary/aromatic N) is 4. The average molecular weight is 449 g/mol. The SMILES string of the molecule is O=C(Nc1nc2cc(F)ccc2s1)N1CCN(c2ncc(C[C@H](O)CO)cc2F)CC1. The second kappa shape index (κ2) is 9.08. The number of aliphatic hydroxyl groups excluding tert-OH is 2. The van der Waals surface area contributed by atoms with Crippen molar-refractivity contribution in [2.24, 2.45) is 0 Å². The van der Waals surface area contributed by atoms with E-state index in [9.17, 15) is 18.7 Å². The zero-order valence-corrected chi connectivity index (χ0v) is 17.3. The molecule has 1 aliphatic heterocycles. The van der Waals surface area contributed by atoms with Gasteiger partial charge in [0, 0.05) is 44.9 Å². The molecule has 164 valence electrons. The van der Waals surface area contributed by atoms with Gasteiger partial charge in [-0.25, -0.2) is 23.5 Å². The molecule has 1 aliphatic rings. The number of hydrogen-bond donors (Lipinski definition) is 3. The summed E-state index contributed by atoms with van der Waals surface area (Å²) in [6.07, 6.45) is 0.642. The van der Waals surface area contributed by atoms with Gasteiger partial charge in [0.1, 0.15) is 5.82 Å². The van der Waals surface area contributed by atoms with Crippen molar-refractivity contribution in [1.82, 2.24) is 14.9 Å². The van der Waals surface area contributed by atoms with E-state index in [0.717, 1.165) is 4.70 Å². The van der Waals surface area contributed by atoms with Crippen LogP contribution in [0.5, 0.6) is 0 Å². The molecule has 1 fully saturated rings. The number of urea groups is 1. The lowest BCUT2D eigenvalue weighted by Crippen LogP contribution is -2.50. The van der Waals surface area contributed by atoms with Gasteiger partial charge in [-0.05, 0) is 23.8 Å². The quantitative estimate of drug-likeness (QED) is 0.552. The molecule has 31 heavy (non-hydrogen) atoms. The number of nitrogens with one attached hydrogen (secondary N) is 1. The van der Waals surface area contributed by atoms with Crippen LogP contribution in [0.1, 0.15) is 5.56 Å². The van der Waals surface area contributed by atoms with Crippen molar-refractivity contribution < 1.29 is 23.8 Å². The van der Waals surface area contributed by atoms with Gasteiger partial charge in [-0.3, -0.25) is 5.32 Å². The zero-order chi connectivity index (χ0) is 22.0. The molecule has 3 N–H and O–H groups in total. The van der Waals surface area contributed by atoms with Gasteiger partial charge < -0.3 is 20.0 Å². The molecule has 2 amide bonds. The van der Waals surface area contributed by atoms with Gasteiger partial charge in [0.2, 0.25) is 0 Å². The smallest absolute Gasteiger partial charge is 0.323 e. The van der Waals surface area contributed by atoms with E-state index >= 15 is 0 Å². The van der Waals surface area contributed by atoms with E-state index in [0.29, 0.717) is 42.4 Å². The predicted octanol–water partition coefficient (Wildman–Crippen LogP) is 2.22. The number of pyridine rings is 1. The largest absolute Gasteiger partial charge is 0.394 e. The van der Waals surface area contributed by atoms with Crippen LogP contribution < -0.4 is 10.2 Å². The fourth-order valence-corrected chi connectivity index (χ4v) is 4.23. The van der Waals surface area contributed by atoms with Crippen molar-refractivity contribution in [2.45, 2.75) is 12.5 Å². The third kappa shape index (κ3) is 4.89. The summed E-state index contributed by atoms with van der Waals surface area (Å²) in [5.74, 6) is -0.706. The van der Waals surface area contributed by atoms with Gasteiger partial charge in [-0.15, -0.1) is 0 Å². The number of hydrogen-bond acceptors (Lipinski definition) is 7. The van der Waals surface area contributed by atoms with Crippen LogP contribution in [0.25, 0.3) is 10.2 Å². The maximum absolute atomic E-state index is 14.5. The number of anilines is 2. The van der Waals surface area contributed by atoms with Gasteiger partial charge >= 0.3 is 6.03 Å². The Kier molecular flexibility index (Phi) is 6.25. The molecule has 1 saturated heterocycles. The van der Waals surface area contributed by atoms with Crippen LogP contribution in [0.4, 0.5) is 24.5 Å². The third-order valence-electron chi connectivity index (χ3n) is 4.99. The minimum atomic E-state index is -0.955. The van der Waals surface area contributed by atoms with Crippen LogP contribution in [0.2, 0.25) is 0 Å². The first kappa shape index (κ1) is 21.3. The summed E-state index contributed by atoms with van der Waals surface area (Å²) >= 11 is 1.26. The van der Waals surface area contributed by atoms with Crippen LogP contribution >= 0.6 is 11.3 Å².